The number of ether oxygens (including phenoxy) is 1. The third-order valence-electron chi connectivity index (χ3n) is 5.12. The summed E-state index contributed by atoms with van der Waals surface area (Å²) in [5.74, 6) is -0.624. The van der Waals surface area contributed by atoms with Gasteiger partial charge in [-0.3, -0.25) is 9.59 Å². The normalized spacial score (nSPS) is 25.3. The fourth-order valence-electron chi connectivity index (χ4n) is 2.67. The minimum Gasteiger partial charge on any atom is -0.469 e. The lowest BCUT2D eigenvalue weighted by Gasteiger charge is -2.38. The lowest BCUT2D eigenvalue weighted by Crippen LogP contribution is -2.53. The number of halogens is 1. The Morgan fingerprint density at radius 2 is 1.83 bits per heavy atom. The van der Waals surface area contributed by atoms with Crippen molar-refractivity contribution in [2.24, 2.45) is 16.7 Å². The van der Waals surface area contributed by atoms with Gasteiger partial charge in [0.15, 0.2) is 23.0 Å². The molecule has 134 valence electrons. The molecule has 3 atom stereocenters. The van der Waals surface area contributed by atoms with Gasteiger partial charge >= 0.3 is 5.97 Å². The molecule has 1 aliphatic carbocycles. The molecule has 7 nitrogen and oxygen atoms in total. The Bertz CT molecular complexity index is 440. The zero-order chi connectivity index (χ0) is 17.8. The smallest absolute Gasteiger partial charge is 0.312 e. The molecule has 3 unspecified atom stereocenters. The molecule has 0 aromatic heterocycles. The van der Waals surface area contributed by atoms with Crippen molar-refractivity contribution in [2.45, 2.75) is 52.7 Å². The minimum absolute atomic E-state index is 0.113. The molecule has 0 radical (unpaired) electrons. The Morgan fingerprint density at radius 1 is 1.22 bits per heavy atom. The lowest BCUT2D eigenvalue weighted by atomic mass is 9.67. The van der Waals surface area contributed by atoms with Crippen LogP contribution in [0.4, 0.5) is 0 Å². The van der Waals surface area contributed by atoms with E-state index in [-0.39, 0.29) is 17.9 Å². The fraction of sp³-hybridized carbons (Fsp3) is 0.867. The Kier molecular flexibility index (Phi) is 7.24. The Morgan fingerprint density at radius 3 is 2.35 bits per heavy atom. The number of methoxy groups -OCH3 is 1. The van der Waals surface area contributed by atoms with Crippen LogP contribution in [0.15, 0.2) is 0 Å². The van der Waals surface area contributed by atoms with Crippen molar-refractivity contribution in [3.8, 4) is 0 Å². The van der Waals surface area contributed by atoms with Crippen LogP contribution in [0.1, 0.15) is 40.5 Å². The van der Waals surface area contributed by atoms with E-state index in [0.717, 1.165) is 0 Å². The number of rotatable bonds is 7. The summed E-state index contributed by atoms with van der Waals surface area (Å²) in [6, 6.07) is -0.363. The van der Waals surface area contributed by atoms with Gasteiger partial charge in [-0.2, -0.15) is 3.22 Å². The summed E-state index contributed by atoms with van der Waals surface area (Å²) in [4.78, 5) is 29.5. The summed E-state index contributed by atoms with van der Waals surface area (Å²) in [5.41, 5.74) is -1.98. The van der Waals surface area contributed by atoms with E-state index in [1.54, 1.807) is 50.7 Å². The number of amides is 1. The van der Waals surface area contributed by atoms with Crippen LogP contribution in [0.3, 0.4) is 0 Å². The molecule has 1 rings (SSSR count). The summed E-state index contributed by atoms with van der Waals surface area (Å²) < 4.78 is 9.35. The van der Waals surface area contributed by atoms with Gasteiger partial charge in [0.25, 0.3) is 0 Å². The quantitative estimate of drug-likeness (QED) is 0.270. The van der Waals surface area contributed by atoms with Crippen molar-refractivity contribution in [1.82, 2.24) is 5.32 Å². The number of carbonyl (C=O) groups is 2. The van der Waals surface area contributed by atoms with E-state index < -0.39 is 22.9 Å². The molecular formula is C15H26INO6. The predicted molar refractivity (Wildman–Crippen MR) is 91.3 cm³/mol. The molecular weight excluding hydrogens is 417 g/mol. The van der Waals surface area contributed by atoms with Gasteiger partial charge < -0.3 is 15.2 Å². The predicted octanol–water partition coefficient (Wildman–Crippen LogP) is 1.77. The molecule has 0 aliphatic heterocycles. The van der Waals surface area contributed by atoms with Gasteiger partial charge in [0.2, 0.25) is 5.91 Å². The second kappa shape index (κ2) is 8.09. The highest BCUT2D eigenvalue weighted by atomic mass is 127. The third kappa shape index (κ3) is 4.55. The van der Waals surface area contributed by atoms with Crippen LogP contribution in [0, 0.1) is 16.7 Å². The van der Waals surface area contributed by atoms with Crippen LogP contribution in [-0.4, -0.2) is 42.8 Å². The molecule has 0 aromatic carbocycles. The number of hydrogen-bond donors (Lipinski definition) is 2. The van der Waals surface area contributed by atoms with Gasteiger partial charge in [0.05, 0.1) is 36.7 Å². The second-order valence-corrected chi connectivity index (χ2v) is 7.43. The van der Waals surface area contributed by atoms with Crippen molar-refractivity contribution in [3.05, 3.63) is 0 Å². The number of aliphatic hydroxyl groups excluding tert-OH is 1. The number of hydrogen-bond acceptors (Lipinski definition) is 6. The van der Waals surface area contributed by atoms with Crippen molar-refractivity contribution in [2.75, 3.05) is 13.7 Å². The third-order valence-corrected chi connectivity index (χ3v) is 5.37. The molecule has 1 aliphatic rings. The Balaban J connectivity index is 2.73. The van der Waals surface area contributed by atoms with Crippen LogP contribution < -0.4 is 5.32 Å². The molecule has 0 heterocycles. The summed E-state index contributed by atoms with van der Waals surface area (Å²) in [6.45, 7) is 7.12. The van der Waals surface area contributed by atoms with Crippen molar-refractivity contribution >= 4 is 34.9 Å². The highest BCUT2D eigenvalue weighted by Crippen LogP contribution is 2.40. The minimum atomic E-state index is -0.993. The Labute approximate surface area is 151 Å². The van der Waals surface area contributed by atoms with Crippen LogP contribution >= 0.6 is 23.0 Å². The van der Waals surface area contributed by atoms with E-state index >= 15 is 0 Å². The van der Waals surface area contributed by atoms with Gasteiger partial charge in [-0.25, -0.2) is 4.89 Å². The first-order chi connectivity index (χ1) is 10.6. The molecule has 1 saturated carbocycles. The highest BCUT2D eigenvalue weighted by Gasteiger charge is 2.50. The van der Waals surface area contributed by atoms with E-state index in [1.807, 2.05) is 0 Å². The average molecular weight is 443 g/mol. The molecule has 0 bridgehead atoms. The molecule has 1 amide bonds. The van der Waals surface area contributed by atoms with E-state index in [2.05, 4.69) is 8.53 Å². The summed E-state index contributed by atoms with van der Waals surface area (Å²) in [7, 11) is 1.30. The van der Waals surface area contributed by atoms with Crippen LogP contribution in [0.2, 0.25) is 0 Å². The topological polar surface area (TPSA) is 94.1 Å². The van der Waals surface area contributed by atoms with Gasteiger partial charge in [-0.1, -0.05) is 0 Å². The van der Waals surface area contributed by atoms with E-state index in [4.69, 9.17) is 9.62 Å². The zero-order valence-electron chi connectivity index (χ0n) is 14.2. The zero-order valence-corrected chi connectivity index (χ0v) is 16.4. The number of esters is 1. The van der Waals surface area contributed by atoms with Gasteiger partial charge in [-0.15, -0.1) is 0 Å². The standard InChI is InChI=1S/C15H26INO6/c1-14(2,15(3,4)13(20)21-5)12(19)17-10-6-9(7-11(10)18)8-22-23-16/h9-11,18H,6-8H2,1-5H3,(H,17,19). The molecule has 8 heteroatoms. The van der Waals surface area contributed by atoms with Crippen LogP contribution in [0.5, 0.6) is 0 Å². The van der Waals surface area contributed by atoms with Gasteiger partial charge in [0.1, 0.15) is 0 Å². The Hall–Kier alpha value is -0.450. The maximum atomic E-state index is 12.7. The summed E-state index contributed by atoms with van der Waals surface area (Å²) >= 11 is 1.63. The van der Waals surface area contributed by atoms with Crippen molar-refractivity contribution in [3.63, 3.8) is 0 Å². The molecule has 0 saturated heterocycles. The van der Waals surface area contributed by atoms with E-state index in [1.165, 1.54) is 7.11 Å². The summed E-state index contributed by atoms with van der Waals surface area (Å²) in [5, 5.41) is 13.0. The van der Waals surface area contributed by atoms with E-state index in [0.29, 0.717) is 19.4 Å². The second-order valence-electron chi connectivity index (χ2n) is 7.07. The SMILES string of the molecule is COC(=O)C(C)(C)C(C)(C)C(=O)NC1CC(COOI)CC1O. The maximum Gasteiger partial charge on any atom is 0.312 e. The highest BCUT2D eigenvalue weighted by molar-refractivity contribution is 14.1. The van der Waals surface area contributed by atoms with Crippen molar-refractivity contribution in [1.29, 1.82) is 0 Å². The first-order valence-corrected chi connectivity index (χ1v) is 8.43. The monoisotopic (exact) mass is 443 g/mol. The van der Waals surface area contributed by atoms with E-state index in [9.17, 15) is 14.7 Å². The first kappa shape index (κ1) is 20.6. The molecule has 1 fully saturated rings. The molecule has 2 N–H and O–H groups in total. The fourth-order valence-corrected chi connectivity index (χ4v) is 2.82. The lowest BCUT2D eigenvalue weighted by molar-refractivity contribution is -0.177. The van der Waals surface area contributed by atoms with Crippen LogP contribution in [0.25, 0.3) is 0 Å². The number of nitrogens with one attached hydrogen (secondary N) is 1. The van der Waals surface area contributed by atoms with Gasteiger partial charge in [0, 0.05) is 0 Å². The molecule has 0 spiro atoms. The number of aliphatic hydroxyl groups is 1. The van der Waals surface area contributed by atoms with Crippen molar-refractivity contribution < 1.29 is 27.5 Å². The maximum absolute atomic E-state index is 12.7. The van der Waals surface area contributed by atoms with Gasteiger partial charge in [-0.05, 0) is 46.5 Å². The molecule has 0 aromatic rings. The first-order valence-electron chi connectivity index (χ1n) is 7.55. The largest absolute Gasteiger partial charge is 0.469 e. The number of carbonyl (C=O) groups excluding carboxylic acids is 2. The van der Waals surface area contributed by atoms with Crippen LogP contribution in [-0.2, 0) is 22.4 Å². The molecule has 23 heavy (non-hydrogen) atoms. The summed E-state index contributed by atoms with van der Waals surface area (Å²) in [6.07, 6.45) is 0.492. The average Bonchev–Trinajstić information content (AvgIpc) is 2.83.